The van der Waals surface area contributed by atoms with Gasteiger partial charge in [-0.05, 0) is 67.8 Å². The molecule has 1 N–H and O–H groups in total. The van der Waals surface area contributed by atoms with Crippen LogP contribution in [0.2, 0.25) is 0 Å². The summed E-state index contributed by atoms with van der Waals surface area (Å²) >= 11 is 0. The van der Waals surface area contributed by atoms with E-state index in [2.05, 4.69) is 19.2 Å². The van der Waals surface area contributed by atoms with E-state index in [0.717, 1.165) is 31.1 Å². The molecule has 0 aromatic heterocycles. The van der Waals surface area contributed by atoms with Gasteiger partial charge in [0, 0.05) is 6.07 Å². The fraction of sp³-hybridized carbons (Fsp3) is 0.647. The van der Waals surface area contributed by atoms with Crippen molar-refractivity contribution in [2.45, 2.75) is 39.5 Å². The predicted octanol–water partition coefficient (Wildman–Crippen LogP) is 4.17. The van der Waals surface area contributed by atoms with Gasteiger partial charge < -0.3 is 5.32 Å². The van der Waals surface area contributed by atoms with Gasteiger partial charge in [-0.2, -0.15) is 0 Å². The van der Waals surface area contributed by atoms with Crippen LogP contribution in [-0.2, 0) is 6.42 Å². The Bertz CT molecular complexity index is 411. The van der Waals surface area contributed by atoms with Crippen LogP contribution in [0.4, 0.5) is 8.78 Å². The Labute approximate surface area is 120 Å². The summed E-state index contributed by atoms with van der Waals surface area (Å²) in [5, 5.41) is 3.52. The van der Waals surface area contributed by atoms with Crippen molar-refractivity contribution in [2.75, 3.05) is 13.1 Å². The smallest absolute Gasteiger partial charge is 0.126 e. The second kappa shape index (κ2) is 7.16. The molecule has 0 bridgehead atoms. The topological polar surface area (TPSA) is 12.0 Å². The number of nitrogens with one attached hydrogen (secondary N) is 1. The van der Waals surface area contributed by atoms with Crippen molar-refractivity contribution in [3.8, 4) is 0 Å². The summed E-state index contributed by atoms with van der Waals surface area (Å²) < 4.78 is 26.5. The van der Waals surface area contributed by atoms with E-state index in [0.29, 0.717) is 17.8 Å². The summed E-state index contributed by atoms with van der Waals surface area (Å²) in [5.74, 6) is 0.920. The fourth-order valence-electron chi connectivity index (χ4n) is 3.24. The van der Waals surface area contributed by atoms with Crippen molar-refractivity contribution < 1.29 is 8.78 Å². The summed E-state index contributed by atoms with van der Waals surface area (Å²) in [6.45, 7) is 6.47. The van der Waals surface area contributed by atoms with E-state index in [4.69, 9.17) is 0 Å². The normalized spacial score (nSPS) is 22.6. The molecule has 0 heterocycles. The highest BCUT2D eigenvalue weighted by Crippen LogP contribution is 2.34. The number of rotatable bonds is 6. The summed E-state index contributed by atoms with van der Waals surface area (Å²) in [4.78, 5) is 0. The third kappa shape index (κ3) is 4.55. The van der Waals surface area contributed by atoms with Gasteiger partial charge in [-0.3, -0.25) is 0 Å². The average molecular weight is 281 g/mol. The molecular weight excluding hydrogens is 256 g/mol. The maximum atomic E-state index is 13.2. The first kappa shape index (κ1) is 15.4. The molecule has 1 aromatic carbocycles. The zero-order valence-electron chi connectivity index (χ0n) is 12.5. The molecule has 1 saturated carbocycles. The second-order valence-electron chi connectivity index (χ2n) is 6.48. The molecule has 1 fully saturated rings. The molecule has 0 aliphatic heterocycles. The lowest BCUT2D eigenvalue weighted by Gasteiger charge is -2.21. The highest BCUT2D eigenvalue weighted by Gasteiger charge is 2.27. The van der Waals surface area contributed by atoms with Gasteiger partial charge in [0.15, 0.2) is 0 Å². The van der Waals surface area contributed by atoms with Crippen LogP contribution in [0.5, 0.6) is 0 Å². The predicted molar refractivity (Wildman–Crippen MR) is 78.6 cm³/mol. The summed E-state index contributed by atoms with van der Waals surface area (Å²) in [7, 11) is 0. The molecule has 2 atom stereocenters. The van der Waals surface area contributed by atoms with Crippen molar-refractivity contribution in [2.24, 2.45) is 17.8 Å². The van der Waals surface area contributed by atoms with Crippen LogP contribution in [-0.4, -0.2) is 13.1 Å². The molecule has 1 nitrogen and oxygen atoms in total. The zero-order valence-corrected chi connectivity index (χ0v) is 12.5. The van der Waals surface area contributed by atoms with Gasteiger partial charge >= 0.3 is 0 Å². The van der Waals surface area contributed by atoms with E-state index in [1.807, 2.05) is 0 Å². The average Bonchev–Trinajstić information content (AvgIpc) is 2.75. The molecule has 2 unspecified atom stereocenters. The Morgan fingerprint density at radius 2 is 1.75 bits per heavy atom. The molecule has 20 heavy (non-hydrogen) atoms. The summed E-state index contributed by atoms with van der Waals surface area (Å²) in [5.41, 5.74) is 0.795. The third-order valence-corrected chi connectivity index (χ3v) is 4.20. The van der Waals surface area contributed by atoms with Gasteiger partial charge in [-0.1, -0.05) is 20.3 Å². The molecule has 1 aliphatic carbocycles. The molecule has 1 aliphatic rings. The van der Waals surface area contributed by atoms with Crippen LogP contribution < -0.4 is 5.32 Å². The molecule has 0 saturated heterocycles. The fourth-order valence-corrected chi connectivity index (χ4v) is 3.24. The van der Waals surface area contributed by atoms with Gasteiger partial charge in [0.1, 0.15) is 11.6 Å². The maximum absolute atomic E-state index is 13.2. The quantitative estimate of drug-likeness (QED) is 0.825. The van der Waals surface area contributed by atoms with Crippen LogP contribution in [0.1, 0.15) is 38.7 Å². The molecule has 3 heteroatoms. The van der Waals surface area contributed by atoms with E-state index >= 15 is 0 Å². The first-order valence-corrected chi connectivity index (χ1v) is 7.70. The molecule has 2 rings (SSSR count). The van der Waals surface area contributed by atoms with Crippen LogP contribution in [0.15, 0.2) is 18.2 Å². The number of hydrogen-bond donors (Lipinski definition) is 1. The number of hydrogen-bond acceptors (Lipinski definition) is 1. The van der Waals surface area contributed by atoms with E-state index in [1.165, 1.54) is 31.4 Å². The highest BCUT2D eigenvalue weighted by atomic mass is 19.1. The van der Waals surface area contributed by atoms with Crippen molar-refractivity contribution in [3.63, 3.8) is 0 Å². The van der Waals surface area contributed by atoms with Crippen LogP contribution in [0, 0.1) is 29.4 Å². The van der Waals surface area contributed by atoms with Gasteiger partial charge in [-0.15, -0.1) is 0 Å². The molecule has 0 amide bonds. The highest BCUT2D eigenvalue weighted by molar-refractivity contribution is 5.18. The first-order chi connectivity index (χ1) is 9.54. The summed E-state index contributed by atoms with van der Waals surface area (Å²) in [6.07, 6.45) is 4.43. The zero-order chi connectivity index (χ0) is 14.5. The van der Waals surface area contributed by atoms with Gasteiger partial charge in [0.25, 0.3) is 0 Å². The van der Waals surface area contributed by atoms with Crippen molar-refractivity contribution in [1.82, 2.24) is 5.32 Å². The van der Waals surface area contributed by atoms with Crippen LogP contribution in [0.25, 0.3) is 0 Å². The lowest BCUT2D eigenvalue weighted by atomic mass is 9.89. The van der Waals surface area contributed by atoms with Crippen molar-refractivity contribution in [3.05, 3.63) is 35.4 Å². The van der Waals surface area contributed by atoms with Crippen molar-refractivity contribution in [1.29, 1.82) is 0 Å². The minimum atomic E-state index is -0.465. The second-order valence-corrected chi connectivity index (χ2v) is 6.48. The van der Waals surface area contributed by atoms with E-state index in [1.54, 1.807) is 0 Å². The molecular formula is C17H25F2N. The minimum Gasteiger partial charge on any atom is -0.316 e. The van der Waals surface area contributed by atoms with Gasteiger partial charge in [0.2, 0.25) is 0 Å². The molecule has 0 radical (unpaired) electrons. The Morgan fingerprint density at radius 3 is 2.40 bits per heavy atom. The Balaban J connectivity index is 1.90. The number of benzene rings is 1. The largest absolute Gasteiger partial charge is 0.316 e. The standard InChI is InChI=1S/C17H25F2N/c1-12(2)10-20-11-15-5-3-4-14(15)6-13-7-16(18)9-17(19)8-13/h7-9,12,14-15,20H,3-6,10-11H2,1-2H3. The number of halogens is 2. The van der Waals surface area contributed by atoms with E-state index in [9.17, 15) is 8.78 Å². The minimum absolute atomic E-state index is 0.465. The van der Waals surface area contributed by atoms with Gasteiger partial charge in [-0.25, -0.2) is 8.78 Å². The summed E-state index contributed by atoms with van der Waals surface area (Å²) in [6, 6.07) is 3.89. The lowest BCUT2D eigenvalue weighted by molar-refractivity contribution is 0.356. The lowest BCUT2D eigenvalue weighted by Crippen LogP contribution is -2.29. The van der Waals surface area contributed by atoms with E-state index < -0.39 is 11.6 Å². The molecule has 0 spiro atoms. The maximum Gasteiger partial charge on any atom is 0.126 e. The Kier molecular flexibility index (Phi) is 5.53. The molecule has 1 aromatic rings. The van der Waals surface area contributed by atoms with E-state index in [-0.39, 0.29) is 0 Å². The van der Waals surface area contributed by atoms with Crippen LogP contribution >= 0.6 is 0 Å². The van der Waals surface area contributed by atoms with Crippen LogP contribution in [0.3, 0.4) is 0 Å². The first-order valence-electron chi connectivity index (χ1n) is 7.70. The SMILES string of the molecule is CC(C)CNCC1CCCC1Cc1cc(F)cc(F)c1. The monoisotopic (exact) mass is 281 g/mol. The van der Waals surface area contributed by atoms with Gasteiger partial charge in [0.05, 0.1) is 0 Å². The molecule has 112 valence electrons. The Morgan fingerprint density at radius 1 is 1.10 bits per heavy atom. The van der Waals surface area contributed by atoms with Crippen molar-refractivity contribution >= 4 is 0 Å². The third-order valence-electron chi connectivity index (χ3n) is 4.20. The Hall–Kier alpha value is -0.960.